The Bertz CT molecular complexity index is 325. The second kappa shape index (κ2) is 4.78. The maximum absolute atomic E-state index is 13.4. The van der Waals surface area contributed by atoms with Gasteiger partial charge in [0, 0.05) is 25.0 Å². The van der Waals surface area contributed by atoms with Crippen LogP contribution in [0.2, 0.25) is 0 Å². The molecule has 0 unspecified atom stereocenters. The fourth-order valence-corrected chi connectivity index (χ4v) is 2.20. The number of carbonyl (C=O) groups is 1. The standard InChI is InChI=1S/C13H24FNO3/c1-6-18-9-7-13(17,11(9,2)3)8-15-10(16)12(4,5)14/h9,17H,6-8H2,1-5H3,(H,15,16)/t9-,13+/m0/s1. The maximum Gasteiger partial charge on any atom is 0.257 e. The molecule has 0 saturated heterocycles. The lowest BCUT2D eigenvalue weighted by Crippen LogP contribution is -2.69. The van der Waals surface area contributed by atoms with Crippen molar-refractivity contribution in [3.8, 4) is 0 Å². The molecule has 2 atom stereocenters. The minimum atomic E-state index is -1.93. The summed E-state index contributed by atoms with van der Waals surface area (Å²) in [5, 5.41) is 12.9. The van der Waals surface area contributed by atoms with Gasteiger partial charge < -0.3 is 15.2 Å². The Balaban J connectivity index is 2.56. The van der Waals surface area contributed by atoms with E-state index in [4.69, 9.17) is 4.74 Å². The van der Waals surface area contributed by atoms with Crippen LogP contribution in [0, 0.1) is 5.41 Å². The van der Waals surface area contributed by atoms with E-state index >= 15 is 0 Å². The van der Waals surface area contributed by atoms with Gasteiger partial charge in [0.2, 0.25) is 0 Å². The molecule has 5 heteroatoms. The lowest BCUT2D eigenvalue weighted by molar-refractivity contribution is -0.238. The predicted octanol–water partition coefficient (Wildman–Crippen LogP) is 1.42. The van der Waals surface area contributed by atoms with E-state index in [-0.39, 0.29) is 12.6 Å². The Morgan fingerprint density at radius 1 is 1.56 bits per heavy atom. The summed E-state index contributed by atoms with van der Waals surface area (Å²) in [6.07, 6.45) is 0.434. The van der Waals surface area contributed by atoms with Crippen LogP contribution in [0.3, 0.4) is 0 Å². The Hall–Kier alpha value is -0.680. The topological polar surface area (TPSA) is 58.6 Å². The number of halogens is 1. The third kappa shape index (κ3) is 2.67. The molecule has 1 amide bonds. The van der Waals surface area contributed by atoms with Gasteiger partial charge in [-0.3, -0.25) is 4.79 Å². The normalized spacial score (nSPS) is 30.7. The van der Waals surface area contributed by atoms with Crippen LogP contribution >= 0.6 is 0 Å². The largest absolute Gasteiger partial charge is 0.387 e. The number of aliphatic hydroxyl groups is 1. The highest BCUT2D eigenvalue weighted by Crippen LogP contribution is 2.50. The van der Waals surface area contributed by atoms with Gasteiger partial charge in [-0.25, -0.2) is 4.39 Å². The third-order valence-electron chi connectivity index (χ3n) is 3.98. The van der Waals surface area contributed by atoms with Crippen LogP contribution in [0.1, 0.15) is 41.0 Å². The van der Waals surface area contributed by atoms with E-state index in [1.165, 1.54) is 13.8 Å². The molecule has 1 aliphatic rings. The van der Waals surface area contributed by atoms with Crippen LogP contribution < -0.4 is 5.32 Å². The van der Waals surface area contributed by atoms with Gasteiger partial charge in [-0.15, -0.1) is 0 Å². The van der Waals surface area contributed by atoms with Crippen LogP contribution in [0.5, 0.6) is 0 Å². The summed E-state index contributed by atoms with van der Waals surface area (Å²) in [4.78, 5) is 11.4. The van der Waals surface area contributed by atoms with Crippen LogP contribution in [0.15, 0.2) is 0 Å². The highest BCUT2D eigenvalue weighted by atomic mass is 19.1. The van der Waals surface area contributed by atoms with Crippen molar-refractivity contribution in [2.45, 2.75) is 58.4 Å². The van der Waals surface area contributed by atoms with Gasteiger partial charge in [0.25, 0.3) is 5.91 Å². The Morgan fingerprint density at radius 2 is 2.11 bits per heavy atom. The van der Waals surface area contributed by atoms with E-state index in [0.29, 0.717) is 13.0 Å². The Labute approximate surface area is 108 Å². The number of rotatable bonds is 5. The second-order valence-electron chi connectivity index (χ2n) is 6.06. The van der Waals surface area contributed by atoms with Crippen molar-refractivity contribution in [1.82, 2.24) is 5.32 Å². The first-order valence-electron chi connectivity index (χ1n) is 6.36. The molecule has 0 heterocycles. The first kappa shape index (κ1) is 15.4. The average Bonchev–Trinajstić information content (AvgIpc) is 2.24. The van der Waals surface area contributed by atoms with E-state index in [1.807, 2.05) is 20.8 Å². The SMILES string of the molecule is CCO[C@H]1C[C@@](O)(CNC(=O)C(C)(C)F)C1(C)C. The Kier molecular flexibility index (Phi) is 4.08. The van der Waals surface area contributed by atoms with Crippen molar-refractivity contribution in [3.63, 3.8) is 0 Å². The molecule has 1 rings (SSSR count). The number of ether oxygens (including phenoxy) is 1. The van der Waals surface area contributed by atoms with E-state index in [9.17, 15) is 14.3 Å². The van der Waals surface area contributed by atoms with Gasteiger partial charge in [0.1, 0.15) is 0 Å². The van der Waals surface area contributed by atoms with Gasteiger partial charge in [-0.2, -0.15) is 0 Å². The molecule has 0 bridgehead atoms. The summed E-state index contributed by atoms with van der Waals surface area (Å²) in [7, 11) is 0. The van der Waals surface area contributed by atoms with Crippen LogP contribution in [-0.4, -0.2) is 41.5 Å². The molecular formula is C13H24FNO3. The molecule has 2 N–H and O–H groups in total. The van der Waals surface area contributed by atoms with Gasteiger partial charge in [0.05, 0.1) is 11.7 Å². The number of alkyl halides is 1. The molecule has 0 aromatic rings. The molecule has 106 valence electrons. The number of hydrogen-bond donors (Lipinski definition) is 2. The molecule has 1 fully saturated rings. The summed E-state index contributed by atoms with van der Waals surface area (Å²) >= 11 is 0. The molecule has 0 aromatic heterocycles. The first-order valence-corrected chi connectivity index (χ1v) is 6.36. The van der Waals surface area contributed by atoms with E-state index in [1.54, 1.807) is 0 Å². The lowest BCUT2D eigenvalue weighted by Gasteiger charge is -2.58. The van der Waals surface area contributed by atoms with Crippen molar-refractivity contribution < 1.29 is 19.0 Å². The Morgan fingerprint density at radius 3 is 2.50 bits per heavy atom. The van der Waals surface area contributed by atoms with Crippen molar-refractivity contribution in [2.24, 2.45) is 5.41 Å². The van der Waals surface area contributed by atoms with E-state index in [2.05, 4.69) is 5.32 Å². The first-order chi connectivity index (χ1) is 8.04. The van der Waals surface area contributed by atoms with Crippen LogP contribution in [0.25, 0.3) is 0 Å². The third-order valence-corrected chi connectivity index (χ3v) is 3.98. The second-order valence-corrected chi connectivity index (χ2v) is 6.06. The average molecular weight is 261 g/mol. The molecule has 0 aromatic carbocycles. The van der Waals surface area contributed by atoms with E-state index in [0.717, 1.165) is 0 Å². The smallest absolute Gasteiger partial charge is 0.257 e. The fraction of sp³-hybridized carbons (Fsp3) is 0.923. The minimum Gasteiger partial charge on any atom is -0.387 e. The molecule has 0 radical (unpaired) electrons. The highest BCUT2D eigenvalue weighted by molar-refractivity contribution is 5.84. The van der Waals surface area contributed by atoms with Gasteiger partial charge in [0.15, 0.2) is 5.67 Å². The van der Waals surface area contributed by atoms with Gasteiger partial charge in [-0.1, -0.05) is 13.8 Å². The summed E-state index contributed by atoms with van der Waals surface area (Å²) in [6.45, 7) is 8.72. The number of hydrogen-bond acceptors (Lipinski definition) is 3. The number of amides is 1. The molecule has 0 aliphatic heterocycles. The fourth-order valence-electron chi connectivity index (χ4n) is 2.20. The molecule has 1 aliphatic carbocycles. The van der Waals surface area contributed by atoms with Crippen LogP contribution in [-0.2, 0) is 9.53 Å². The van der Waals surface area contributed by atoms with Gasteiger partial charge >= 0.3 is 0 Å². The monoisotopic (exact) mass is 261 g/mol. The van der Waals surface area contributed by atoms with E-state index < -0.39 is 22.6 Å². The zero-order valence-electron chi connectivity index (χ0n) is 11.8. The van der Waals surface area contributed by atoms with Gasteiger partial charge in [-0.05, 0) is 20.8 Å². The molecule has 4 nitrogen and oxygen atoms in total. The predicted molar refractivity (Wildman–Crippen MR) is 67.0 cm³/mol. The zero-order valence-corrected chi connectivity index (χ0v) is 11.8. The number of nitrogens with one attached hydrogen (secondary N) is 1. The molecule has 18 heavy (non-hydrogen) atoms. The summed E-state index contributed by atoms with van der Waals surface area (Å²) in [6, 6.07) is 0. The highest BCUT2D eigenvalue weighted by Gasteiger charge is 2.60. The molecule has 0 spiro atoms. The number of carbonyl (C=O) groups excluding carboxylic acids is 1. The van der Waals surface area contributed by atoms with Crippen molar-refractivity contribution in [3.05, 3.63) is 0 Å². The zero-order chi connectivity index (χ0) is 14.2. The maximum atomic E-state index is 13.4. The quantitative estimate of drug-likeness (QED) is 0.787. The molecular weight excluding hydrogens is 237 g/mol. The van der Waals surface area contributed by atoms with Crippen molar-refractivity contribution in [2.75, 3.05) is 13.2 Å². The summed E-state index contributed by atoms with van der Waals surface area (Å²) < 4.78 is 18.9. The summed E-state index contributed by atoms with van der Waals surface area (Å²) in [5.74, 6) is -0.702. The van der Waals surface area contributed by atoms with Crippen LogP contribution in [0.4, 0.5) is 4.39 Å². The molecule has 1 saturated carbocycles. The summed E-state index contributed by atoms with van der Waals surface area (Å²) in [5.41, 5.74) is -3.41. The van der Waals surface area contributed by atoms with Crippen molar-refractivity contribution >= 4 is 5.91 Å². The minimum absolute atomic E-state index is 0.0252. The van der Waals surface area contributed by atoms with Crippen molar-refractivity contribution in [1.29, 1.82) is 0 Å². The lowest BCUT2D eigenvalue weighted by atomic mass is 9.56.